The molecular weight excluding hydrogens is 460 g/mol. The molecule has 2 aromatic carbocycles. The molecule has 0 aliphatic rings. The highest BCUT2D eigenvalue weighted by Gasteiger charge is 2.10. The van der Waals surface area contributed by atoms with E-state index in [0.717, 1.165) is 36.3 Å². The Bertz CT molecular complexity index is 1020. The SMILES string of the molecule is CCCCCCCCOc1ccc(-c2cnc(-c3ccc(OCCCCCCCC)cc3O)nc2)cc1. The second-order valence-electron chi connectivity index (χ2n) is 9.73. The van der Waals surface area contributed by atoms with Gasteiger partial charge in [0.2, 0.25) is 0 Å². The maximum absolute atomic E-state index is 10.5. The van der Waals surface area contributed by atoms with Crippen molar-refractivity contribution in [2.75, 3.05) is 13.2 Å². The van der Waals surface area contributed by atoms with Gasteiger partial charge in [-0.25, -0.2) is 9.97 Å². The molecule has 0 radical (unpaired) electrons. The summed E-state index contributed by atoms with van der Waals surface area (Å²) in [6.07, 6.45) is 18.5. The third-order valence-electron chi connectivity index (χ3n) is 6.58. The number of phenolic OH excluding ortho intramolecular Hbond substituents is 1. The minimum absolute atomic E-state index is 0.125. The normalized spacial score (nSPS) is 11.0. The fourth-order valence-electron chi connectivity index (χ4n) is 4.29. The summed E-state index contributed by atoms with van der Waals surface area (Å²) in [5.74, 6) is 2.17. The summed E-state index contributed by atoms with van der Waals surface area (Å²) < 4.78 is 11.7. The van der Waals surface area contributed by atoms with Gasteiger partial charge in [-0.3, -0.25) is 0 Å². The molecule has 0 amide bonds. The summed E-state index contributed by atoms with van der Waals surface area (Å²) >= 11 is 0. The van der Waals surface area contributed by atoms with Crippen molar-refractivity contribution in [3.05, 3.63) is 54.9 Å². The molecule has 0 spiro atoms. The van der Waals surface area contributed by atoms with Gasteiger partial charge < -0.3 is 14.6 Å². The Kier molecular flexibility index (Phi) is 12.8. The Labute approximate surface area is 223 Å². The lowest BCUT2D eigenvalue weighted by Gasteiger charge is -2.10. The van der Waals surface area contributed by atoms with Crippen LogP contribution in [0.1, 0.15) is 90.9 Å². The molecule has 0 aliphatic heterocycles. The van der Waals surface area contributed by atoms with E-state index in [-0.39, 0.29) is 5.75 Å². The predicted octanol–water partition coefficient (Wildman–Crippen LogP) is 8.99. The van der Waals surface area contributed by atoms with E-state index in [1.54, 1.807) is 18.5 Å². The maximum Gasteiger partial charge on any atom is 0.162 e. The van der Waals surface area contributed by atoms with Crippen LogP contribution in [0.2, 0.25) is 0 Å². The van der Waals surface area contributed by atoms with Crippen molar-refractivity contribution >= 4 is 0 Å². The van der Waals surface area contributed by atoms with Crippen LogP contribution in [0.3, 0.4) is 0 Å². The number of phenols is 1. The Hall–Kier alpha value is -3.08. The van der Waals surface area contributed by atoms with Crippen LogP contribution in [0.15, 0.2) is 54.9 Å². The average molecular weight is 505 g/mol. The van der Waals surface area contributed by atoms with Gasteiger partial charge in [0.15, 0.2) is 5.82 Å². The lowest BCUT2D eigenvalue weighted by atomic mass is 10.1. The van der Waals surface area contributed by atoms with Crippen LogP contribution in [0.5, 0.6) is 17.2 Å². The molecule has 3 rings (SSSR count). The van der Waals surface area contributed by atoms with Crippen molar-refractivity contribution in [1.82, 2.24) is 9.97 Å². The van der Waals surface area contributed by atoms with E-state index >= 15 is 0 Å². The number of aromatic nitrogens is 2. The first-order valence-electron chi connectivity index (χ1n) is 14.2. The summed E-state index contributed by atoms with van der Waals surface area (Å²) in [7, 11) is 0. The summed E-state index contributed by atoms with van der Waals surface area (Å²) in [6, 6.07) is 13.4. The van der Waals surface area contributed by atoms with Crippen molar-refractivity contribution in [1.29, 1.82) is 0 Å². The number of nitrogens with zero attached hydrogens (tertiary/aromatic N) is 2. The summed E-state index contributed by atoms with van der Waals surface area (Å²) in [5, 5.41) is 10.5. The van der Waals surface area contributed by atoms with Crippen molar-refractivity contribution in [2.45, 2.75) is 90.9 Å². The Morgan fingerprint density at radius 3 is 1.68 bits per heavy atom. The van der Waals surface area contributed by atoms with Gasteiger partial charge >= 0.3 is 0 Å². The van der Waals surface area contributed by atoms with Gasteiger partial charge in [-0.15, -0.1) is 0 Å². The predicted molar refractivity (Wildman–Crippen MR) is 152 cm³/mol. The van der Waals surface area contributed by atoms with E-state index in [2.05, 4.69) is 23.8 Å². The highest BCUT2D eigenvalue weighted by Crippen LogP contribution is 2.31. The topological polar surface area (TPSA) is 64.5 Å². The number of unbranched alkanes of at least 4 members (excludes halogenated alkanes) is 10. The van der Waals surface area contributed by atoms with Crippen LogP contribution in [-0.2, 0) is 0 Å². The van der Waals surface area contributed by atoms with Gasteiger partial charge in [0, 0.05) is 24.0 Å². The number of aromatic hydroxyl groups is 1. The molecule has 37 heavy (non-hydrogen) atoms. The summed E-state index contributed by atoms with van der Waals surface area (Å²) in [4.78, 5) is 8.99. The zero-order chi connectivity index (χ0) is 26.1. The van der Waals surface area contributed by atoms with Gasteiger partial charge in [0.1, 0.15) is 17.2 Å². The standard InChI is InChI=1S/C32H44N2O3/c1-3-5-7-9-11-13-21-36-28-17-15-26(16-18-28)27-24-33-32(34-25-27)30-20-19-29(23-31(30)35)37-22-14-12-10-8-6-4-2/h15-20,23-25,35H,3-14,21-22H2,1-2H3. The number of benzene rings is 2. The minimum Gasteiger partial charge on any atom is -0.507 e. The van der Waals surface area contributed by atoms with E-state index in [4.69, 9.17) is 9.47 Å². The van der Waals surface area contributed by atoms with Crippen molar-refractivity contribution < 1.29 is 14.6 Å². The maximum atomic E-state index is 10.5. The molecular formula is C32H44N2O3. The fourth-order valence-corrected chi connectivity index (χ4v) is 4.29. The number of hydrogen-bond acceptors (Lipinski definition) is 5. The quantitative estimate of drug-likeness (QED) is 0.175. The summed E-state index contributed by atoms with van der Waals surface area (Å²) in [6.45, 7) is 5.89. The average Bonchev–Trinajstić information content (AvgIpc) is 2.93. The van der Waals surface area contributed by atoms with E-state index in [0.29, 0.717) is 23.7 Å². The molecule has 5 nitrogen and oxygen atoms in total. The highest BCUT2D eigenvalue weighted by atomic mass is 16.5. The second-order valence-corrected chi connectivity index (χ2v) is 9.73. The van der Waals surface area contributed by atoms with Crippen molar-refractivity contribution in [3.63, 3.8) is 0 Å². The van der Waals surface area contributed by atoms with Crippen molar-refractivity contribution in [3.8, 4) is 39.8 Å². The number of rotatable bonds is 18. The summed E-state index contributed by atoms with van der Waals surface area (Å²) in [5.41, 5.74) is 2.54. The van der Waals surface area contributed by atoms with Crippen LogP contribution in [-0.4, -0.2) is 28.3 Å². The third-order valence-corrected chi connectivity index (χ3v) is 6.58. The van der Waals surface area contributed by atoms with Crippen LogP contribution in [0.4, 0.5) is 0 Å². The molecule has 0 aliphatic carbocycles. The molecule has 0 unspecified atom stereocenters. The van der Waals surface area contributed by atoms with E-state index in [1.165, 1.54) is 64.2 Å². The van der Waals surface area contributed by atoms with Gasteiger partial charge in [0.05, 0.1) is 18.8 Å². The largest absolute Gasteiger partial charge is 0.507 e. The zero-order valence-electron chi connectivity index (χ0n) is 22.8. The van der Waals surface area contributed by atoms with Crippen LogP contribution >= 0.6 is 0 Å². The fraction of sp³-hybridized carbons (Fsp3) is 0.500. The molecule has 0 bridgehead atoms. The third kappa shape index (κ3) is 10.1. The van der Waals surface area contributed by atoms with Gasteiger partial charge in [-0.2, -0.15) is 0 Å². The van der Waals surface area contributed by atoms with E-state index in [1.807, 2.05) is 36.4 Å². The van der Waals surface area contributed by atoms with Crippen molar-refractivity contribution in [2.24, 2.45) is 0 Å². The molecule has 200 valence electrons. The van der Waals surface area contributed by atoms with E-state index in [9.17, 15) is 5.11 Å². The minimum atomic E-state index is 0.125. The number of hydrogen-bond donors (Lipinski definition) is 1. The molecule has 0 saturated heterocycles. The number of ether oxygens (including phenoxy) is 2. The second kappa shape index (κ2) is 16.6. The van der Waals surface area contributed by atoms with Gasteiger partial charge in [0.25, 0.3) is 0 Å². The van der Waals surface area contributed by atoms with Crippen LogP contribution in [0, 0.1) is 0 Å². The van der Waals surface area contributed by atoms with Gasteiger partial charge in [-0.05, 0) is 42.7 Å². The van der Waals surface area contributed by atoms with E-state index < -0.39 is 0 Å². The molecule has 5 heteroatoms. The van der Waals surface area contributed by atoms with Crippen LogP contribution in [0.25, 0.3) is 22.5 Å². The Morgan fingerprint density at radius 2 is 1.11 bits per heavy atom. The monoisotopic (exact) mass is 504 g/mol. The lowest BCUT2D eigenvalue weighted by Crippen LogP contribution is -1.98. The van der Waals surface area contributed by atoms with Gasteiger partial charge in [-0.1, -0.05) is 90.2 Å². The first-order chi connectivity index (χ1) is 18.2. The first kappa shape index (κ1) is 28.5. The molecule has 0 atom stereocenters. The highest BCUT2D eigenvalue weighted by molar-refractivity contribution is 5.68. The molecule has 3 aromatic rings. The Balaban J connectivity index is 1.46. The molecule has 1 aromatic heterocycles. The zero-order valence-corrected chi connectivity index (χ0v) is 22.8. The molecule has 1 heterocycles. The first-order valence-corrected chi connectivity index (χ1v) is 14.2. The molecule has 0 fully saturated rings. The lowest BCUT2D eigenvalue weighted by molar-refractivity contribution is 0.303. The molecule has 0 saturated carbocycles. The molecule has 1 N–H and O–H groups in total. The van der Waals surface area contributed by atoms with Crippen LogP contribution < -0.4 is 9.47 Å². The smallest absolute Gasteiger partial charge is 0.162 e. The Morgan fingerprint density at radius 1 is 0.595 bits per heavy atom.